The zero-order valence-electron chi connectivity index (χ0n) is 11.8. The molecule has 4 aromatic rings. The first-order valence-electron chi connectivity index (χ1n) is 6.81. The van der Waals surface area contributed by atoms with Crippen LogP contribution in [0, 0.1) is 0 Å². The lowest BCUT2D eigenvalue weighted by Gasteiger charge is -1.96. The number of anilines is 1. The van der Waals surface area contributed by atoms with E-state index in [1.54, 1.807) is 22.7 Å². The Kier molecular flexibility index (Phi) is 3.32. The molecule has 0 saturated carbocycles. The SMILES string of the molecule is C/C(=N/Nc1nc2ccccc2s1)c1nc2ccccc2s1. The summed E-state index contributed by atoms with van der Waals surface area (Å²) in [6.07, 6.45) is 0. The van der Waals surface area contributed by atoms with Crippen molar-refractivity contribution in [2.45, 2.75) is 6.92 Å². The molecule has 0 bridgehead atoms. The number of thiazole rings is 2. The number of benzene rings is 2. The lowest BCUT2D eigenvalue weighted by molar-refractivity contribution is 1.28. The van der Waals surface area contributed by atoms with Crippen LogP contribution in [0.2, 0.25) is 0 Å². The van der Waals surface area contributed by atoms with Crippen LogP contribution < -0.4 is 5.43 Å². The summed E-state index contributed by atoms with van der Waals surface area (Å²) in [5.74, 6) is 0. The van der Waals surface area contributed by atoms with Crippen LogP contribution in [0.15, 0.2) is 53.6 Å². The van der Waals surface area contributed by atoms with Crippen LogP contribution in [-0.4, -0.2) is 15.7 Å². The van der Waals surface area contributed by atoms with Gasteiger partial charge in [-0.25, -0.2) is 9.97 Å². The van der Waals surface area contributed by atoms with E-state index in [9.17, 15) is 0 Å². The molecule has 0 aliphatic rings. The molecule has 22 heavy (non-hydrogen) atoms. The number of hydrogen-bond acceptors (Lipinski definition) is 6. The zero-order chi connectivity index (χ0) is 14.9. The molecule has 4 nitrogen and oxygen atoms in total. The van der Waals surface area contributed by atoms with Gasteiger partial charge in [-0.3, -0.25) is 5.43 Å². The number of nitrogens with one attached hydrogen (secondary N) is 1. The van der Waals surface area contributed by atoms with Crippen molar-refractivity contribution in [2.75, 3.05) is 5.43 Å². The van der Waals surface area contributed by atoms with Gasteiger partial charge < -0.3 is 0 Å². The van der Waals surface area contributed by atoms with Gasteiger partial charge in [0.05, 0.1) is 26.1 Å². The van der Waals surface area contributed by atoms with Crippen molar-refractivity contribution in [3.8, 4) is 0 Å². The topological polar surface area (TPSA) is 50.2 Å². The fourth-order valence-electron chi connectivity index (χ4n) is 2.13. The Morgan fingerprint density at radius 1 is 0.909 bits per heavy atom. The second kappa shape index (κ2) is 5.47. The van der Waals surface area contributed by atoms with Crippen LogP contribution in [0.3, 0.4) is 0 Å². The molecular weight excluding hydrogens is 312 g/mol. The molecule has 0 aliphatic heterocycles. The largest absolute Gasteiger partial charge is 0.252 e. The number of rotatable bonds is 3. The molecule has 0 fully saturated rings. The summed E-state index contributed by atoms with van der Waals surface area (Å²) >= 11 is 3.24. The lowest BCUT2D eigenvalue weighted by Crippen LogP contribution is -1.98. The second-order valence-corrected chi connectivity index (χ2v) is 6.84. The van der Waals surface area contributed by atoms with Crippen LogP contribution in [-0.2, 0) is 0 Å². The highest BCUT2D eigenvalue weighted by Gasteiger charge is 2.07. The van der Waals surface area contributed by atoms with E-state index in [1.165, 1.54) is 4.70 Å². The predicted molar refractivity (Wildman–Crippen MR) is 95.1 cm³/mol. The third-order valence-electron chi connectivity index (χ3n) is 3.22. The van der Waals surface area contributed by atoms with E-state index < -0.39 is 0 Å². The van der Waals surface area contributed by atoms with Crippen LogP contribution >= 0.6 is 22.7 Å². The van der Waals surface area contributed by atoms with Gasteiger partial charge in [-0.1, -0.05) is 35.6 Å². The number of para-hydroxylation sites is 2. The first-order chi connectivity index (χ1) is 10.8. The maximum Gasteiger partial charge on any atom is 0.204 e. The van der Waals surface area contributed by atoms with Crippen LogP contribution in [0.25, 0.3) is 20.4 Å². The maximum absolute atomic E-state index is 4.60. The van der Waals surface area contributed by atoms with Gasteiger partial charge in [-0.05, 0) is 31.2 Å². The third kappa shape index (κ3) is 2.47. The molecular formula is C16H12N4S2. The Bertz CT molecular complexity index is 918. The van der Waals surface area contributed by atoms with Gasteiger partial charge in [0.15, 0.2) is 0 Å². The molecule has 1 N–H and O–H groups in total. The summed E-state index contributed by atoms with van der Waals surface area (Å²) in [6.45, 7) is 1.96. The average molecular weight is 324 g/mol. The molecule has 0 atom stereocenters. The van der Waals surface area contributed by atoms with Crippen molar-refractivity contribution in [3.05, 3.63) is 53.5 Å². The minimum atomic E-state index is 0.793. The molecule has 0 radical (unpaired) electrons. The number of fused-ring (bicyclic) bond motifs is 2. The van der Waals surface area contributed by atoms with Crippen molar-refractivity contribution in [3.63, 3.8) is 0 Å². The van der Waals surface area contributed by atoms with Gasteiger partial charge in [0.2, 0.25) is 5.13 Å². The van der Waals surface area contributed by atoms with E-state index in [1.807, 2.05) is 43.3 Å². The summed E-state index contributed by atoms with van der Waals surface area (Å²) < 4.78 is 2.32. The van der Waals surface area contributed by atoms with E-state index in [2.05, 4.69) is 32.6 Å². The third-order valence-corrected chi connectivity index (χ3v) is 5.30. The molecule has 0 spiro atoms. The fraction of sp³-hybridized carbons (Fsp3) is 0.0625. The number of nitrogens with zero attached hydrogens (tertiary/aromatic N) is 3. The van der Waals surface area contributed by atoms with Gasteiger partial charge in [-0.15, -0.1) is 11.3 Å². The van der Waals surface area contributed by atoms with Gasteiger partial charge in [0, 0.05) is 0 Å². The zero-order valence-corrected chi connectivity index (χ0v) is 13.4. The highest BCUT2D eigenvalue weighted by atomic mass is 32.1. The minimum Gasteiger partial charge on any atom is -0.252 e. The quantitative estimate of drug-likeness (QED) is 0.437. The highest BCUT2D eigenvalue weighted by molar-refractivity contribution is 7.22. The fourth-order valence-corrected chi connectivity index (χ4v) is 3.85. The van der Waals surface area contributed by atoms with Crippen LogP contribution in [0.5, 0.6) is 0 Å². The van der Waals surface area contributed by atoms with E-state index in [4.69, 9.17) is 0 Å². The van der Waals surface area contributed by atoms with E-state index in [0.717, 1.165) is 31.6 Å². The molecule has 2 aromatic heterocycles. The Balaban J connectivity index is 1.61. The summed E-state index contributed by atoms with van der Waals surface area (Å²) in [6, 6.07) is 16.2. The van der Waals surface area contributed by atoms with Crippen molar-refractivity contribution < 1.29 is 0 Å². The monoisotopic (exact) mass is 324 g/mol. The van der Waals surface area contributed by atoms with E-state index in [-0.39, 0.29) is 0 Å². The normalized spacial score (nSPS) is 12.1. The lowest BCUT2D eigenvalue weighted by atomic mass is 10.3. The molecule has 0 aliphatic carbocycles. The average Bonchev–Trinajstić information content (AvgIpc) is 3.15. The standard InChI is InChI=1S/C16H12N4S2/c1-10(15-17-11-6-2-4-8-13(11)21-15)19-20-16-18-12-7-3-5-9-14(12)22-16/h2-9H,1H3,(H,18,20)/b19-10-. The summed E-state index contributed by atoms with van der Waals surface area (Å²) in [5, 5.41) is 6.14. The molecule has 0 saturated heterocycles. The Morgan fingerprint density at radius 2 is 1.55 bits per heavy atom. The van der Waals surface area contributed by atoms with E-state index in [0.29, 0.717) is 0 Å². The predicted octanol–water partition coefficient (Wildman–Crippen LogP) is 4.74. The van der Waals surface area contributed by atoms with E-state index >= 15 is 0 Å². The van der Waals surface area contributed by atoms with Gasteiger partial charge in [-0.2, -0.15) is 5.10 Å². The molecule has 2 heterocycles. The van der Waals surface area contributed by atoms with Crippen molar-refractivity contribution in [2.24, 2.45) is 5.10 Å². The molecule has 0 unspecified atom stereocenters. The van der Waals surface area contributed by atoms with Gasteiger partial charge >= 0.3 is 0 Å². The molecule has 108 valence electrons. The Labute approximate surface area is 135 Å². The first kappa shape index (κ1) is 13.4. The molecule has 6 heteroatoms. The van der Waals surface area contributed by atoms with Crippen LogP contribution in [0.4, 0.5) is 5.13 Å². The molecule has 2 aromatic carbocycles. The Morgan fingerprint density at radius 3 is 2.23 bits per heavy atom. The summed E-state index contributed by atoms with van der Waals surface area (Å²) in [4.78, 5) is 9.10. The Hall–Kier alpha value is -2.31. The number of hydrazone groups is 1. The van der Waals surface area contributed by atoms with Crippen LogP contribution in [0.1, 0.15) is 11.9 Å². The molecule has 4 rings (SSSR count). The first-order valence-corrected chi connectivity index (χ1v) is 8.45. The molecule has 0 amide bonds. The number of hydrogen-bond donors (Lipinski definition) is 1. The van der Waals surface area contributed by atoms with Crippen molar-refractivity contribution in [1.82, 2.24) is 9.97 Å². The van der Waals surface area contributed by atoms with Crippen molar-refractivity contribution in [1.29, 1.82) is 0 Å². The smallest absolute Gasteiger partial charge is 0.204 e. The second-order valence-electron chi connectivity index (χ2n) is 4.78. The van der Waals surface area contributed by atoms with Gasteiger partial charge in [0.1, 0.15) is 5.01 Å². The van der Waals surface area contributed by atoms with Gasteiger partial charge in [0.25, 0.3) is 0 Å². The number of aromatic nitrogens is 2. The highest BCUT2D eigenvalue weighted by Crippen LogP contribution is 2.26. The minimum absolute atomic E-state index is 0.793. The summed E-state index contributed by atoms with van der Waals surface area (Å²) in [7, 11) is 0. The summed E-state index contributed by atoms with van der Waals surface area (Å²) in [5.41, 5.74) is 5.90. The maximum atomic E-state index is 4.60. The van der Waals surface area contributed by atoms with Crippen molar-refractivity contribution >= 4 is 54.0 Å².